The van der Waals surface area contributed by atoms with Crippen LogP contribution in [-0.2, 0) is 11.3 Å². The molecule has 1 N–H and O–H groups in total. The smallest absolute Gasteiger partial charge is 0.148 e. The van der Waals surface area contributed by atoms with Crippen molar-refractivity contribution in [2.45, 2.75) is 33.8 Å². The van der Waals surface area contributed by atoms with E-state index in [0.717, 1.165) is 28.6 Å². The summed E-state index contributed by atoms with van der Waals surface area (Å²) in [5.74, 6) is 0.776. The van der Waals surface area contributed by atoms with Crippen molar-refractivity contribution in [2.24, 2.45) is 5.92 Å². The molecule has 5 nitrogen and oxygen atoms in total. The molecule has 0 bridgehead atoms. The summed E-state index contributed by atoms with van der Waals surface area (Å²) < 4.78 is 5.71. The highest BCUT2D eigenvalue weighted by Gasteiger charge is 2.13. The van der Waals surface area contributed by atoms with Crippen LogP contribution in [-0.4, -0.2) is 26.7 Å². The third-order valence-electron chi connectivity index (χ3n) is 3.91. The topological polar surface area (TPSA) is 60.2 Å². The molecule has 0 aliphatic heterocycles. The average molecular weight is 325 g/mol. The van der Waals surface area contributed by atoms with Gasteiger partial charge in [-0.2, -0.15) is 0 Å². The molecular weight excluding hydrogens is 302 g/mol. The number of hydrogen-bond acceptors (Lipinski definition) is 4. The van der Waals surface area contributed by atoms with Gasteiger partial charge in [0.15, 0.2) is 0 Å². The molecule has 0 unspecified atom stereocenters. The quantitative estimate of drug-likeness (QED) is 0.696. The number of hydrogen-bond donors (Lipinski definition) is 1. The molecule has 0 spiro atoms. The summed E-state index contributed by atoms with van der Waals surface area (Å²) in [4.78, 5) is 1.49. The first kappa shape index (κ1) is 16.5. The lowest BCUT2D eigenvalue weighted by molar-refractivity contribution is 0.109. The fourth-order valence-electron chi connectivity index (χ4n) is 2.56. The number of aryl methyl sites for hydroxylation is 1. The number of fused-ring (bicyclic) bond motifs is 1. The van der Waals surface area contributed by atoms with E-state index < -0.39 is 0 Å². The second kappa shape index (κ2) is 7.01. The Kier molecular flexibility index (Phi) is 4.81. The molecule has 0 aliphatic carbocycles. The van der Waals surface area contributed by atoms with Crippen LogP contribution < -0.4 is 0 Å². The van der Waals surface area contributed by atoms with E-state index >= 15 is 0 Å². The van der Waals surface area contributed by atoms with E-state index in [-0.39, 0.29) is 5.75 Å². The molecule has 0 saturated heterocycles. The van der Waals surface area contributed by atoms with Crippen molar-refractivity contribution in [1.82, 2.24) is 15.0 Å². The van der Waals surface area contributed by atoms with Gasteiger partial charge in [0.2, 0.25) is 0 Å². The molecule has 0 aliphatic rings. The summed E-state index contributed by atoms with van der Waals surface area (Å²) in [7, 11) is 0. The number of benzene rings is 2. The zero-order chi connectivity index (χ0) is 17.1. The molecule has 3 rings (SSSR count). The summed E-state index contributed by atoms with van der Waals surface area (Å²) in [6, 6.07) is 11.5. The molecule has 0 atom stereocenters. The number of ether oxygens (including phenoxy) is 1. The number of nitrogens with zero attached hydrogens (tertiary/aromatic N) is 3. The Morgan fingerprint density at radius 2 is 1.79 bits per heavy atom. The van der Waals surface area contributed by atoms with E-state index in [1.807, 2.05) is 43.3 Å². The Hall–Kier alpha value is -2.40. The molecule has 1 aromatic heterocycles. The lowest BCUT2D eigenvalue weighted by Gasteiger charge is -2.12. The van der Waals surface area contributed by atoms with Crippen molar-refractivity contribution in [3.63, 3.8) is 0 Å². The van der Waals surface area contributed by atoms with Gasteiger partial charge in [-0.1, -0.05) is 26.0 Å². The van der Waals surface area contributed by atoms with E-state index in [9.17, 15) is 5.11 Å². The third kappa shape index (κ3) is 3.57. The molecule has 0 amide bonds. The minimum Gasteiger partial charge on any atom is -0.505 e. The van der Waals surface area contributed by atoms with Crippen molar-refractivity contribution in [3.8, 4) is 11.4 Å². The molecule has 1 heterocycles. The number of rotatable bonds is 6. The number of phenols is 1. The Morgan fingerprint density at radius 3 is 2.42 bits per heavy atom. The summed E-state index contributed by atoms with van der Waals surface area (Å²) in [5.41, 5.74) is 3.97. The number of aromatic nitrogens is 3. The Bertz CT molecular complexity index is 807. The molecule has 0 radical (unpaired) electrons. The highest BCUT2D eigenvalue weighted by molar-refractivity contribution is 5.73. The fourth-order valence-corrected chi connectivity index (χ4v) is 2.56. The minimum absolute atomic E-state index is 0.172. The van der Waals surface area contributed by atoms with Gasteiger partial charge < -0.3 is 9.84 Å². The first-order valence-corrected chi connectivity index (χ1v) is 8.27. The van der Waals surface area contributed by atoms with E-state index in [4.69, 9.17) is 4.74 Å². The minimum atomic E-state index is 0.172. The molecule has 0 fully saturated rings. The summed E-state index contributed by atoms with van der Waals surface area (Å²) in [5, 5.41) is 19.5. The Morgan fingerprint density at radius 1 is 1.12 bits per heavy atom. The third-order valence-corrected chi connectivity index (χ3v) is 3.91. The molecule has 126 valence electrons. The lowest BCUT2D eigenvalue weighted by atomic mass is 10.1. The van der Waals surface area contributed by atoms with Crippen LogP contribution in [0.5, 0.6) is 5.75 Å². The number of aromatic hydroxyl groups is 1. The van der Waals surface area contributed by atoms with E-state index in [1.54, 1.807) is 0 Å². The van der Waals surface area contributed by atoms with Gasteiger partial charge in [0.25, 0.3) is 0 Å². The standard InChI is InChI=1S/C19H23N3O2/c1-13(2)8-9-24-12-15-10-14(3)11-18(19(15)23)22-20-16-6-4-5-7-17(16)21-22/h4-7,10-11,13,23H,8-9,12H2,1-3H3. The van der Waals surface area contributed by atoms with Gasteiger partial charge in [0.05, 0.1) is 6.61 Å². The largest absolute Gasteiger partial charge is 0.505 e. The van der Waals surface area contributed by atoms with Gasteiger partial charge in [-0.25, -0.2) is 0 Å². The maximum Gasteiger partial charge on any atom is 0.148 e. The molecular formula is C19H23N3O2. The first-order chi connectivity index (χ1) is 11.5. The zero-order valence-electron chi connectivity index (χ0n) is 14.4. The van der Waals surface area contributed by atoms with Gasteiger partial charge in [0.1, 0.15) is 22.5 Å². The van der Waals surface area contributed by atoms with Crippen LogP contribution in [0.3, 0.4) is 0 Å². The van der Waals surface area contributed by atoms with Crippen molar-refractivity contribution >= 4 is 11.0 Å². The molecule has 5 heteroatoms. The molecule has 0 saturated carbocycles. The van der Waals surface area contributed by atoms with E-state index in [1.165, 1.54) is 4.80 Å². The highest BCUT2D eigenvalue weighted by Crippen LogP contribution is 2.28. The summed E-state index contributed by atoms with van der Waals surface area (Å²) in [6.45, 7) is 7.39. The van der Waals surface area contributed by atoms with Crippen LogP contribution >= 0.6 is 0 Å². The van der Waals surface area contributed by atoms with Crippen molar-refractivity contribution < 1.29 is 9.84 Å². The lowest BCUT2D eigenvalue weighted by Crippen LogP contribution is -2.04. The van der Waals surface area contributed by atoms with Crippen LogP contribution in [0.2, 0.25) is 0 Å². The maximum atomic E-state index is 10.6. The second-order valence-electron chi connectivity index (χ2n) is 6.51. The van der Waals surface area contributed by atoms with Crippen LogP contribution in [0.4, 0.5) is 0 Å². The van der Waals surface area contributed by atoms with Crippen molar-refractivity contribution in [1.29, 1.82) is 0 Å². The SMILES string of the molecule is Cc1cc(COCCC(C)C)c(O)c(-n2nc3ccccc3n2)c1. The monoisotopic (exact) mass is 325 g/mol. The predicted molar refractivity (Wildman–Crippen MR) is 94.4 cm³/mol. The summed E-state index contributed by atoms with van der Waals surface area (Å²) in [6.07, 6.45) is 1.01. The molecule has 2 aromatic carbocycles. The van der Waals surface area contributed by atoms with Gasteiger partial charge in [-0.05, 0) is 49.1 Å². The van der Waals surface area contributed by atoms with Gasteiger partial charge in [-0.15, -0.1) is 15.0 Å². The van der Waals surface area contributed by atoms with Crippen molar-refractivity contribution in [3.05, 3.63) is 47.5 Å². The number of phenolic OH excluding ortho intramolecular Hbond substituents is 1. The fraction of sp³-hybridized carbons (Fsp3) is 0.368. The van der Waals surface area contributed by atoms with E-state index in [0.29, 0.717) is 24.8 Å². The van der Waals surface area contributed by atoms with Crippen LogP contribution in [0.25, 0.3) is 16.7 Å². The van der Waals surface area contributed by atoms with Gasteiger partial charge >= 0.3 is 0 Å². The maximum absolute atomic E-state index is 10.6. The van der Waals surface area contributed by atoms with Gasteiger partial charge in [-0.3, -0.25) is 0 Å². The average Bonchev–Trinajstić information content (AvgIpc) is 2.97. The summed E-state index contributed by atoms with van der Waals surface area (Å²) >= 11 is 0. The predicted octanol–water partition coefficient (Wildman–Crippen LogP) is 4.00. The molecule has 24 heavy (non-hydrogen) atoms. The second-order valence-corrected chi connectivity index (χ2v) is 6.51. The molecule has 3 aromatic rings. The van der Waals surface area contributed by atoms with Crippen LogP contribution in [0.15, 0.2) is 36.4 Å². The van der Waals surface area contributed by atoms with Crippen LogP contribution in [0.1, 0.15) is 31.4 Å². The first-order valence-electron chi connectivity index (χ1n) is 8.27. The van der Waals surface area contributed by atoms with Crippen molar-refractivity contribution in [2.75, 3.05) is 6.61 Å². The van der Waals surface area contributed by atoms with E-state index in [2.05, 4.69) is 24.0 Å². The van der Waals surface area contributed by atoms with Gasteiger partial charge in [0, 0.05) is 12.2 Å². The highest BCUT2D eigenvalue weighted by atomic mass is 16.5. The van der Waals surface area contributed by atoms with Crippen LogP contribution in [0, 0.1) is 12.8 Å². The normalized spacial score (nSPS) is 11.5. The Balaban J connectivity index is 1.88. The Labute approximate surface area is 141 Å². The zero-order valence-corrected chi connectivity index (χ0v) is 14.4.